The normalized spacial score (nSPS) is 13.8. The van der Waals surface area contributed by atoms with Gasteiger partial charge in [-0.2, -0.15) is 13.2 Å². The second kappa shape index (κ2) is 6.23. The van der Waals surface area contributed by atoms with Gasteiger partial charge in [-0.15, -0.1) is 5.10 Å². The molecule has 8 heteroatoms. The summed E-state index contributed by atoms with van der Waals surface area (Å²) in [6, 6.07) is -1.78. The lowest BCUT2D eigenvalue weighted by molar-refractivity contribution is -0.166. The third kappa shape index (κ3) is 4.21. The molecule has 5 nitrogen and oxygen atoms in total. The van der Waals surface area contributed by atoms with E-state index in [-0.39, 0.29) is 12.1 Å². The van der Waals surface area contributed by atoms with Crippen molar-refractivity contribution in [3.63, 3.8) is 0 Å². The lowest BCUT2D eigenvalue weighted by Gasteiger charge is -2.18. The predicted octanol–water partition coefficient (Wildman–Crippen LogP) is 2.02. The Labute approximate surface area is 115 Å². The zero-order valence-electron chi connectivity index (χ0n) is 11.7. The standard InChI is InChI=1S/C12H19F3N4O/c1-7(2)4-5-10-9(6-11(16)20)17-18-19(10)8(3)12(13,14)15/h7-8H,4-6H2,1-3H3,(H2,16,20). The molecule has 0 fully saturated rings. The molecule has 1 heterocycles. The van der Waals surface area contributed by atoms with Crippen LogP contribution in [-0.4, -0.2) is 27.1 Å². The molecule has 1 amide bonds. The van der Waals surface area contributed by atoms with Gasteiger partial charge < -0.3 is 5.73 Å². The maximum Gasteiger partial charge on any atom is 0.410 e. The number of rotatable bonds is 6. The Kier molecular flexibility index (Phi) is 5.13. The first-order valence-corrected chi connectivity index (χ1v) is 6.40. The summed E-state index contributed by atoms with van der Waals surface area (Å²) in [5, 5.41) is 7.23. The first-order chi connectivity index (χ1) is 9.12. The number of amides is 1. The van der Waals surface area contributed by atoms with Crippen molar-refractivity contribution in [2.24, 2.45) is 11.7 Å². The van der Waals surface area contributed by atoms with E-state index in [0.717, 1.165) is 11.6 Å². The monoisotopic (exact) mass is 292 g/mol. The SMILES string of the molecule is CC(C)CCc1c(CC(N)=O)nnn1C(C)C(F)(F)F. The number of nitrogens with two attached hydrogens (primary N) is 1. The van der Waals surface area contributed by atoms with Crippen molar-refractivity contribution in [2.75, 3.05) is 0 Å². The molecule has 0 aliphatic carbocycles. The van der Waals surface area contributed by atoms with Crippen LogP contribution in [0.5, 0.6) is 0 Å². The Hall–Kier alpha value is -1.60. The fraction of sp³-hybridized carbons (Fsp3) is 0.750. The molecule has 0 saturated heterocycles. The average Bonchev–Trinajstić information content (AvgIpc) is 2.66. The Balaban J connectivity index is 3.10. The van der Waals surface area contributed by atoms with Crippen molar-refractivity contribution in [3.8, 4) is 0 Å². The van der Waals surface area contributed by atoms with E-state index < -0.39 is 18.1 Å². The number of carbonyl (C=O) groups is 1. The van der Waals surface area contributed by atoms with Gasteiger partial charge in [0.25, 0.3) is 0 Å². The number of aromatic nitrogens is 3. The van der Waals surface area contributed by atoms with Crippen molar-refractivity contribution in [1.29, 1.82) is 0 Å². The molecule has 0 saturated carbocycles. The molecule has 1 aromatic rings. The Bertz CT molecular complexity index is 468. The fourth-order valence-corrected chi connectivity index (χ4v) is 1.78. The van der Waals surface area contributed by atoms with Crippen LogP contribution in [0.15, 0.2) is 0 Å². The molecule has 1 unspecified atom stereocenters. The van der Waals surface area contributed by atoms with E-state index in [4.69, 9.17) is 5.73 Å². The second-order valence-corrected chi connectivity index (χ2v) is 5.22. The summed E-state index contributed by atoms with van der Waals surface area (Å²) in [6.07, 6.45) is -3.54. The quantitative estimate of drug-likeness (QED) is 0.871. The molecule has 0 aliphatic heterocycles. The molecule has 0 radical (unpaired) electrons. The summed E-state index contributed by atoms with van der Waals surface area (Å²) in [7, 11) is 0. The first-order valence-electron chi connectivity index (χ1n) is 6.40. The number of nitrogens with zero attached hydrogens (tertiary/aromatic N) is 3. The van der Waals surface area contributed by atoms with Gasteiger partial charge in [-0.3, -0.25) is 4.79 Å². The maximum atomic E-state index is 12.8. The number of alkyl halides is 3. The van der Waals surface area contributed by atoms with E-state index in [1.807, 2.05) is 13.8 Å². The van der Waals surface area contributed by atoms with Gasteiger partial charge in [0.05, 0.1) is 17.8 Å². The van der Waals surface area contributed by atoms with E-state index in [1.165, 1.54) is 0 Å². The van der Waals surface area contributed by atoms with Crippen LogP contribution in [0.25, 0.3) is 0 Å². The van der Waals surface area contributed by atoms with E-state index >= 15 is 0 Å². The molecule has 114 valence electrons. The third-order valence-corrected chi connectivity index (χ3v) is 3.01. The van der Waals surface area contributed by atoms with Crippen molar-refractivity contribution in [1.82, 2.24) is 15.0 Å². The third-order valence-electron chi connectivity index (χ3n) is 3.01. The van der Waals surface area contributed by atoms with Gasteiger partial charge in [-0.05, 0) is 25.7 Å². The number of halogens is 3. The largest absolute Gasteiger partial charge is 0.410 e. The molecule has 2 N–H and O–H groups in total. The number of hydrogen-bond acceptors (Lipinski definition) is 3. The molecule has 1 rings (SSSR count). The van der Waals surface area contributed by atoms with Gasteiger partial charge in [0.15, 0.2) is 0 Å². The van der Waals surface area contributed by atoms with Crippen LogP contribution >= 0.6 is 0 Å². The van der Waals surface area contributed by atoms with E-state index in [1.54, 1.807) is 0 Å². The van der Waals surface area contributed by atoms with Crippen molar-refractivity contribution < 1.29 is 18.0 Å². The highest BCUT2D eigenvalue weighted by Gasteiger charge is 2.39. The van der Waals surface area contributed by atoms with Crippen LogP contribution in [0.2, 0.25) is 0 Å². The minimum atomic E-state index is -4.41. The highest BCUT2D eigenvalue weighted by molar-refractivity contribution is 5.76. The lowest BCUT2D eigenvalue weighted by Crippen LogP contribution is -2.26. The number of carbonyl (C=O) groups excluding carboxylic acids is 1. The van der Waals surface area contributed by atoms with Crippen LogP contribution < -0.4 is 5.73 Å². The van der Waals surface area contributed by atoms with Crippen molar-refractivity contribution in [3.05, 3.63) is 11.4 Å². The molecule has 20 heavy (non-hydrogen) atoms. The zero-order valence-corrected chi connectivity index (χ0v) is 11.7. The molecular formula is C12H19F3N4O. The van der Waals surface area contributed by atoms with E-state index in [2.05, 4.69) is 10.3 Å². The minimum Gasteiger partial charge on any atom is -0.369 e. The second-order valence-electron chi connectivity index (χ2n) is 5.22. The van der Waals surface area contributed by atoms with Crippen LogP contribution in [0.4, 0.5) is 13.2 Å². The van der Waals surface area contributed by atoms with E-state index in [9.17, 15) is 18.0 Å². The summed E-state index contributed by atoms with van der Waals surface area (Å²) in [4.78, 5) is 11.0. The Morgan fingerprint density at radius 2 is 1.95 bits per heavy atom. The molecular weight excluding hydrogens is 273 g/mol. The minimum absolute atomic E-state index is 0.196. The van der Waals surface area contributed by atoms with Crippen LogP contribution in [-0.2, 0) is 17.6 Å². The van der Waals surface area contributed by atoms with Crippen LogP contribution in [0, 0.1) is 5.92 Å². The number of primary amides is 1. The number of hydrogen-bond donors (Lipinski definition) is 1. The highest BCUT2D eigenvalue weighted by atomic mass is 19.4. The average molecular weight is 292 g/mol. The molecule has 0 aliphatic rings. The van der Waals surface area contributed by atoms with Gasteiger partial charge >= 0.3 is 6.18 Å². The molecule has 0 aromatic carbocycles. The fourth-order valence-electron chi connectivity index (χ4n) is 1.78. The maximum absolute atomic E-state index is 12.8. The predicted molar refractivity (Wildman–Crippen MR) is 66.8 cm³/mol. The summed E-state index contributed by atoms with van der Waals surface area (Å²) in [5.74, 6) is -0.316. The summed E-state index contributed by atoms with van der Waals surface area (Å²) in [6.45, 7) is 4.95. The van der Waals surface area contributed by atoms with Gasteiger partial charge in [-0.1, -0.05) is 19.1 Å². The van der Waals surface area contributed by atoms with Gasteiger partial charge in [-0.25, -0.2) is 4.68 Å². The molecule has 0 bridgehead atoms. The smallest absolute Gasteiger partial charge is 0.369 e. The lowest BCUT2D eigenvalue weighted by atomic mass is 10.0. The highest BCUT2D eigenvalue weighted by Crippen LogP contribution is 2.31. The molecule has 0 spiro atoms. The Morgan fingerprint density at radius 1 is 1.35 bits per heavy atom. The topological polar surface area (TPSA) is 73.8 Å². The molecule has 1 aromatic heterocycles. The summed E-state index contributed by atoms with van der Waals surface area (Å²) < 4.78 is 39.3. The molecule has 1 atom stereocenters. The zero-order chi connectivity index (χ0) is 15.5. The Morgan fingerprint density at radius 3 is 2.40 bits per heavy atom. The van der Waals surface area contributed by atoms with Crippen LogP contribution in [0.1, 0.15) is 44.6 Å². The summed E-state index contributed by atoms with van der Waals surface area (Å²) >= 11 is 0. The van der Waals surface area contributed by atoms with Gasteiger partial charge in [0.1, 0.15) is 6.04 Å². The van der Waals surface area contributed by atoms with Gasteiger partial charge in [0.2, 0.25) is 5.91 Å². The van der Waals surface area contributed by atoms with Crippen LogP contribution in [0.3, 0.4) is 0 Å². The van der Waals surface area contributed by atoms with Gasteiger partial charge in [0, 0.05) is 0 Å². The summed E-state index contributed by atoms with van der Waals surface area (Å²) in [5.41, 5.74) is 5.65. The van der Waals surface area contributed by atoms with Crippen molar-refractivity contribution in [2.45, 2.75) is 52.3 Å². The first kappa shape index (κ1) is 16.5. The van der Waals surface area contributed by atoms with E-state index in [0.29, 0.717) is 24.5 Å². The van der Waals surface area contributed by atoms with Crippen molar-refractivity contribution >= 4 is 5.91 Å².